The standard InChI is InChI=1S/C24H24N4O4S/c25-24(26)28-20(29)14-11-17(23(31)32)27-22(30)19-13-12-18(33-19)21(15-7-3-1-4-8-15)16-9-5-2-6-10-16/h1-10,12-13,17,21H,11,14H2,(H,27,30)(H,31,32)(H4,25,26,28,29). The van der Waals surface area contributed by atoms with Gasteiger partial charge in [-0.2, -0.15) is 4.99 Å². The van der Waals surface area contributed by atoms with Crippen LogP contribution in [-0.2, 0) is 9.59 Å². The number of carbonyl (C=O) groups excluding carboxylic acids is 2. The first-order valence-electron chi connectivity index (χ1n) is 10.2. The largest absolute Gasteiger partial charge is 0.480 e. The number of aliphatic carboxylic acids is 1. The third kappa shape index (κ3) is 6.50. The number of nitrogens with two attached hydrogens (primary N) is 2. The van der Waals surface area contributed by atoms with Gasteiger partial charge in [0.15, 0.2) is 5.96 Å². The van der Waals surface area contributed by atoms with Crippen molar-refractivity contribution in [3.05, 3.63) is 93.7 Å². The Labute approximate surface area is 195 Å². The molecule has 6 N–H and O–H groups in total. The molecule has 2 aromatic carbocycles. The van der Waals surface area contributed by atoms with E-state index >= 15 is 0 Å². The number of benzene rings is 2. The van der Waals surface area contributed by atoms with E-state index in [0.717, 1.165) is 16.0 Å². The van der Waals surface area contributed by atoms with E-state index in [9.17, 15) is 19.5 Å². The molecule has 0 aliphatic rings. The summed E-state index contributed by atoms with van der Waals surface area (Å²) in [7, 11) is 0. The van der Waals surface area contributed by atoms with Crippen LogP contribution in [0.25, 0.3) is 0 Å². The van der Waals surface area contributed by atoms with Crippen LogP contribution in [0.2, 0.25) is 0 Å². The predicted octanol–water partition coefficient (Wildman–Crippen LogP) is 2.69. The molecule has 33 heavy (non-hydrogen) atoms. The van der Waals surface area contributed by atoms with Gasteiger partial charge in [-0.25, -0.2) is 4.79 Å². The maximum absolute atomic E-state index is 12.8. The monoisotopic (exact) mass is 464 g/mol. The number of guanidine groups is 1. The lowest BCUT2D eigenvalue weighted by Gasteiger charge is -2.17. The summed E-state index contributed by atoms with van der Waals surface area (Å²) in [5, 5.41) is 11.9. The molecule has 1 aromatic heterocycles. The topological polar surface area (TPSA) is 148 Å². The first-order valence-corrected chi connectivity index (χ1v) is 11.0. The molecule has 0 fully saturated rings. The van der Waals surface area contributed by atoms with Gasteiger partial charge >= 0.3 is 5.97 Å². The van der Waals surface area contributed by atoms with Gasteiger partial charge in [-0.05, 0) is 29.7 Å². The molecule has 9 heteroatoms. The van der Waals surface area contributed by atoms with Gasteiger partial charge in [-0.15, -0.1) is 11.3 Å². The van der Waals surface area contributed by atoms with E-state index in [0.29, 0.717) is 4.88 Å². The number of amides is 2. The Morgan fingerprint density at radius 1 is 0.909 bits per heavy atom. The average Bonchev–Trinajstić information content (AvgIpc) is 3.27. The summed E-state index contributed by atoms with van der Waals surface area (Å²) in [4.78, 5) is 40.7. The van der Waals surface area contributed by atoms with Gasteiger partial charge in [-0.3, -0.25) is 9.59 Å². The second-order valence-corrected chi connectivity index (χ2v) is 8.41. The van der Waals surface area contributed by atoms with Gasteiger partial charge < -0.3 is 21.9 Å². The van der Waals surface area contributed by atoms with Crippen molar-refractivity contribution in [2.45, 2.75) is 24.8 Å². The van der Waals surface area contributed by atoms with E-state index in [4.69, 9.17) is 11.5 Å². The van der Waals surface area contributed by atoms with Crippen molar-refractivity contribution in [1.82, 2.24) is 5.32 Å². The van der Waals surface area contributed by atoms with Crippen molar-refractivity contribution < 1.29 is 19.5 Å². The molecule has 2 amide bonds. The maximum Gasteiger partial charge on any atom is 0.326 e. The summed E-state index contributed by atoms with van der Waals surface area (Å²) in [6.45, 7) is 0. The molecule has 170 valence electrons. The number of hydrogen-bond donors (Lipinski definition) is 4. The number of nitrogens with one attached hydrogen (secondary N) is 1. The lowest BCUT2D eigenvalue weighted by atomic mass is 9.90. The normalized spacial score (nSPS) is 11.5. The Morgan fingerprint density at radius 2 is 1.48 bits per heavy atom. The Bertz CT molecular complexity index is 1100. The third-order valence-electron chi connectivity index (χ3n) is 4.91. The van der Waals surface area contributed by atoms with Gasteiger partial charge in [0.05, 0.1) is 4.88 Å². The number of hydrogen-bond acceptors (Lipinski definition) is 4. The predicted molar refractivity (Wildman–Crippen MR) is 127 cm³/mol. The zero-order chi connectivity index (χ0) is 23.8. The highest BCUT2D eigenvalue weighted by atomic mass is 32.1. The fraction of sp³-hybridized carbons (Fsp3) is 0.167. The SMILES string of the molecule is NC(N)=NC(=O)CCC(NC(=O)c1ccc(C(c2ccccc2)c2ccccc2)s1)C(=O)O. The van der Waals surface area contributed by atoms with Crippen molar-refractivity contribution in [2.75, 3.05) is 0 Å². The molecule has 3 aromatic rings. The number of aliphatic imine (C=N–C) groups is 1. The molecule has 0 saturated carbocycles. The molecule has 8 nitrogen and oxygen atoms in total. The Balaban J connectivity index is 1.78. The highest BCUT2D eigenvalue weighted by molar-refractivity contribution is 7.14. The highest BCUT2D eigenvalue weighted by Gasteiger charge is 2.24. The van der Waals surface area contributed by atoms with E-state index in [1.54, 1.807) is 6.07 Å². The van der Waals surface area contributed by atoms with Crippen LogP contribution >= 0.6 is 11.3 Å². The number of carboxylic acid groups (broad SMARTS) is 1. The summed E-state index contributed by atoms with van der Waals surface area (Å²) in [6.07, 6.45) is -0.347. The van der Waals surface area contributed by atoms with Gasteiger partial charge in [0.1, 0.15) is 6.04 Å². The van der Waals surface area contributed by atoms with E-state index < -0.39 is 29.8 Å². The molecule has 0 aliphatic heterocycles. The van der Waals surface area contributed by atoms with Crippen LogP contribution in [0.4, 0.5) is 0 Å². The molecular formula is C24H24N4O4S. The fourth-order valence-corrected chi connectivity index (χ4v) is 4.46. The first kappa shape index (κ1) is 23.7. The molecule has 1 heterocycles. The summed E-state index contributed by atoms with van der Waals surface area (Å²) in [5.74, 6) is -2.88. The van der Waals surface area contributed by atoms with E-state index in [-0.39, 0.29) is 18.8 Å². The van der Waals surface area contributed by atoms with Gasteiger partial charge in [0.25, 0.3) is 5.91 Å². The zero-order valence-corrected chi connectivity index (χ0v) is 18.5. The van der Waals surface area contributed by atoms with Crippen molar-refractivity contribution in [2.24, 2.45) is 16.5 Å². The minimum atomic E-state index is -1.25. The highest BCUT2D eigenvalue weighted by Crippen LogP contribution is 2.36. The van der Waals surface area contributed by atoms with Crippen LogP contribution in [0, 0.1) is 0 Å². The van der Waals surface area contributed by atoms with Crippen LogP contribution in [0.1, 0.15) is 44.4 Å². The summed E-state index contributed by atoms with van der Waals surface area (Å²) >= 11 is 1.30. The summed E-state index contributed by atoms with van der Waals surface area (Å²) in [6, 6.07) is 22.2. The van der Waals surface area contributed by atoms with Crippen LogP contribution in [0.15, 0.2) is 77.8 Å². The van der Waals surface area contributed by atoms with Crippen molar-refractivity contribution in [3.63, 3.8) is 0 Å². The number of thiophene rings is 1. The summed E-state index contributed by atoms with van der Waals surface area (Å²) in [5.41, 5.74) is 12.5. The lowest BCUT2D eigenvalue weighted by Crippen LogP contribution is -2.40. The minimum absolute atomic E-state index is 0.0635. The molecule has 0 radical (unpaired) electrons. The van der Waals surface area contributed by atoms with Crippen molar-refractivity contribution >= 4 is 35.1 Å². The first-order chi connectivity index (χ1) is 15.8. The van der Waals surface area contributed by atoms with Crippen LogP contribution in [0.5, 0.6) is 0 Å². The Morgan fingerprint density at radius 3 is 2.00 bits per heavy atom. The van der Waals surface area contributed by atoms with E-state index in [1.807, 2.05) is 66.7 Å². The lowest BCUT2D eigenvalue weighted by molar-refractivity contribution is -0.139. The molecule has 1 unspecified atom stereocenters. The molecule has 1 atom stereocenters. The molecule has 0 spiro atoms. The summed E-state index contributed by atoms with van der Waals surface area (Å²) < 4.78 is 0. The fourth-order valence-electron chi connectivity index (χ4n) is 3.40. The quantitative estimate of drug-likeness (QED) is 0.283. The third-order valence-corrected chi connectivity index (χ3v) is 6.05. The molecule has 0 saturated heterocycles. The number of carbonyl (C=O) groups is 3. The zero-order valence-electron chi connectivity index (χ0n) is 17.7. The smallest absolute Gasteiger partial charge is 0.326 e. The second-order valence-electron chi connectivity index (χ2n) is 7.29. The molecule has 0 bridgehead atoms. The molecular weight excluding hydrogens is 440 g/mol. The minimum Gasteiger partial charge on any atom is -0.480 e. The van der Waals surface area contributed by atoms with Crippen LogP contribution in [-0.4, -0.2) is 34.9 Å². The van der Waals surface area contributed by atoms with E-state index in [2.05, 4.69) is 10.3 Å². The van der Waals surface area contributed by atoms with E-state index in [1.165, 1.54) is 11.3 Å². The number of carboxylic acids is 1. The maximum atomic E-state index is 12.8. The Kier molecular flexibility index (Phi) is 7.93. The Hall–Kier alpha value is -3.98. The number of rotatable bonds is 9. The second kappa shape index (κ2) is 11.1. The van der Waals surface area contributed by atoms with Gasteiger partial charge in [-0.1, -0.05) is 60.7 Å². The number of nitrogens with zero attached hydrogens (tertiary/aromatic N) is 1. The molecule has 0 aliphatic carbocycles. The van der Waals surface area contributed by atoms with Gasteiger partial charge in [0.2, 0.25) is 5.91 Å². The van der Waals surface area contributed by atoms with Crippen molar-refractivity contribution in [1.29, 1.82) is 0 Å². The molecule has 3 rings (SSSR count). The van der Waals surface area contributed by atoms with Crippen molar-refractivity contribution in [3.8, 4) is 0 Å². The average molecular weight is 465 g/mol. The van der Waals surface area contributed by atoms with Crippen LogP contribution in [0.3, 0.4) is 0 Å². The van der Waals surface area contributed by atoms with Crippen LogP contribution < -0.4 is 16.8 Å². The van der Waals surface area contributed by atoms with Gasteiger partial charge in [0, 0.05) is 17.2 Å².